The van der Waals surface area contributed by atoms with Crippen LogP contribution in [-0.4, -0.2) is 54.9 Å². The van der Waals surface area contributed by atoms with Gasteiger partial charge in [-0.1, -0.05) is 28.9 Å². The van der Waals surface area contributed by atoms with Gasteiger partial charge < -0.3 is 15.2 Å². The third-order valence-corrected chi connectivity index (χ3v) is 4.40. The van der Waals surface area contributed by atoms with Gasteiger partial charge >= 0.3 is 0 Å². The fourth-order valence-electron chi connectivity index (χ4n) is 2.77. The van der Waals surface area contributed by atoms with E-state index in [9.17, 15) is 5.11 Å². The van der Waals surface area contributed by atoms with Gasteiger partial charge in [0.15, 0.2) is 0 Å². The fraction of sp³-hybridized carbons (Fsp3) is 0.625. The molecule has 118 valence electrons. The van der Waals surface area contributed by atoms with E-state index in [2.05, 4.69) is 33.1 Å². The molecule has 1 saturated heterocycles. The maximum absolute atomic E-state index is 9.96. The largest absolute Gasteiger partial charge is 0.491 e. The molecule has 1 heterocycles. The van der Waals surface area contributed by atoms with Crippen LogP contribution in [0.4, 0.5) is 0 Å². The number of hydrogen-bond acceptors (Lipinski definition) is 4. The molecule has 1 aliphatic rings. The summed E-state index contributed by atoms with van der Waals surface area (Å²) in [4.78, 5) is 2.50. The minimum Gasteiger partial charge on any atom is -0.491 e. The maximum Gasteiger partial charge on any atom is 0.120 e. The van der Waals surface area contributed by atoms with Crippen LogP contribution in [-0.2, 0) is 0 Å². The summed E-state index contributed by atoms with van der Waals surface area (Å²) in [6.07, 6.45) is 2.06. The molecule has 0 bridgehead atoms. The molecule has 4 nitrogen and oxygen atoms in total. The summed E-state index contributed by atoms with van der Waals surface area (Å²) in [6.45, 7) is 6.35. The van der Waals surface area contributed by atoms with Crippen LogP contribution in [0.15, 0.2) is 28.7 Å². The number of nitrogens with zero attached hydrogens (tertiary/aromatic N) is 1. The molecule has 1 aliphatic heterocycles. The number of ether oxygens (including phenoxy) is 1. The molecule has 0 radical (unpaired) electrons. The van der Waals surface area contributed by atoms with Gasteiger partial charge in [-0.15, -0.1) is 0 Å². The molecule has 0 aromatic heterocycles. The highest BCUT2D eigenvalue weighted by molar-refractivity contribution is 9.10. The van der Waals surface area contributed by atoms with E-state index in [-0.39, 0.29) is 0 Å². The molecular formula is C16H25BrN2O2. The van der Waals surface area contributed by atoms with Gasteiger partial charge in [-0.25, -0.2) is 0 Å². The third kappa shape index (κ3) is 5.58. The Morgan fingerprint density at radius 1 is 1.52 bits per heavy atom. The standard InChI is InChI=1S/C16H25BrN2O2/c1-2-19-8-4-6-14(19)10-18-11-15(20)12-21-16-7-3-5-13(17)9-16/h3,5,7,9,14-15,18,20H,2,4,6,8,10-12H2,1H3. The van der Waals surface area contributed by atoms with Crippen LogP contribution in [0, 0.1) is 0 Å². The van der Waals surface area contributed by atoms with E-state index in [1.54, 1.807) is 0 Å². The van der Waals surface area contributed by atoms with Crippen molar-refractivity contribution in [2.24, 2.45) is 0 Å². The Bertz CT molecular complexity index is 430. The van der Waals surface area contributed by atoms with Crippen molar-refractivity contribution in [3.05, 3.63) is 28.7 Å². The first-order valence-electron chi connectivity index (χ1n) is 7.70. The van der Waals surface area contributed by atoms with Crippen molar-refractivity contribution in [2.75, 3.05) is 32.8 Å². The molecule has 1 fully saturated rings. The lowest BCUT2D eigenvalue weighted by Gasteiger charge is -2.23. The minimum atomic E-state index is -0.486. The van der Waals surface area contributed by atoms with Gasteiger partial charge in [0.25, 0.3) is 0 Å². The summed E-state index contributed by atoms with van der Waals surface area (Å²) in [5.41, 5.74) is 0. The Balaban J connectivity index is 1.62. The minimum absolute atomic E-state index is 0.311. The zero-order valence-corrected chi connectivity index (χ0v) is 14.2. The zero-order valence-electron chi connectivity index (χ0n) is 12.6. The molecule has 2 N–H and O–H groups in total. The number of benzene rings is 1. The SMILES string of the molecule is CCN1CCCC1CNCC(O)COc1cccc(Br)c1. The molecule has 0 spiro atoms. The Morgan fingerprint density at radius 3 is 3.14 bits per heavy atom. The van der Waals surface area contributed by atoms with Crippen molar-refractivity contribution in [1.29, 1.82) is 0 Å². The van der Waals surface area contributed by atoms with E-state index in [0.29, 0.717) is 19.2 Å². The normalized spacial score (nSPS) is 20.6. The molecule has 0 amide bonds. The second-order valence-electron chi connectivity index (χ2n) is 5.51. The van der Waals surface area contributed by atoms with Crippen molar-refractivity contribution in [3.63, 3.8) is 0 Å². The van der Waals surface area contributed by atoms with Gasteiger partial charge in [0, 0.05) is 23.6 Å². The highest BCUT2D eigenvalue weighted by Crippen LogP contribution is 2.18. The Labute approximate surface area is 135 Å². The Hall–Kier alpha value is -0.620. The van der Waals surface area contributed by atoms with Crippen molar-refractivity contribution in [1.82, 2.24) is 10.2 Å². The zero-order chi connectivity index (χ0) is 15.1. The van der Waals surface area contributed by atoms with Crippen LogP contribution in [0.1, 0.15) is 19.8 Å². The van der Waals surface area contributed by atoms with E-state index < -0.39 is 6.10 Å². The van der Waals surface area contributed by atoms with Crippen LogP contribution < -0.4 is 10.1 Å². The second kappa shape index (κ2) is 8.73. The first-order chi connectivity index (χ1) is 10.2. The van der Waals surface area contributed by atoms with E-state index in [1.807, 2.05) is 24.3 Å². The van der Waals surface area contributed by atoms with Gasteiger partial charge in [0.1, 0.15) is 18.5 Å². The predicted molar refractivity (Wildman–Crippen MR) is 88.8 cm³/mol. The molecule has 2 rings (SSSR count). The lowest BCUT2D eigenvalue weighted by atomic mass is 10.2. The molecule has 1 aromatic rings. The fourth-order valence-corrected chi connectivity index (χ4v) is 3.15. The first-order valence-corrected chi connectivity index (χ1v) is 8.49. The van der Waals surface area contributed by atoms with Crippen molar-refractivity contribution < 1.29 is 9.84 Å². The number of rotatable bonds is 8. The molecule has 1 aromatic carbocycles. The number of likely N-dealkylation sites (N-methyl/N-ethyl adjacent to an activating group) is 1. The topological polar surface area (TPSA) is 44.7 Å². The quantitative estimate of drug-likeness (QED) is 0.749. The molecule has 0 saturated carbocycles. The van der Waals surface area contributed by atoms with E-state index in [1.165, 1.54) is 19.4 Å². The van der Waals surface area contributed by atoms with Crippen LogP contribution >= 0.6 is 15.9 Å². The molecule has 2 atom stereocenters. The number of likely N-dealkylation sites (tertiary alicyclic amines) is 1. The average Bonchev–Trinajstić information content (AvgIpc) is 2.93. The van der Waals surface area contributed by atoms with E-state index >= 15 is 0 Å². The monoisotopic (exact) mass is 356 g/mol. The molecule has 21 heavy (non-hydrogen) atoms. The highest BCUT2D eigenvalue weighted by atomic mass is 79.9. The van der Waals surface area contributed by atoms with Crippen LogP contribution in [0.25, 0.3) is 0 Å². The number of hydrogen-bond donors (Lipinski definition) is 2. The lowest BCUT2D eigenvalue weighted by Crippen LogP contribution is -2.41. The highest BCUT2D eigenvalue weighted by Gasteiger charge is 2.22. The van der Waals surface area contributed by atoms with Gasteiger partial charge in [-0.05, 0) is 44.1 Å². The van der Waals surface area contributed by atoms with Crippen molar-refractivity contribution in [2.45, 2.75) is 31.9 Å². The first kappa shape index (κ1) is 16.7. The summed E-state index contributed by atoms with van der Waals surface area (Å²) in [5.74, 6) is 0.774. The van der Waals surface area contributed by atoms with Gasteiger partial charge in [-0.3, -0.25) is 4.90 Å². The summed E-state index contributed by atoms with van der Waals surface area (Å²) < 4.78 is 6.56. The van der Waals surface area contributed by atoms with Gasteiger partial charge in [0.2, 0.25) is 0 Å². The summed E-state index contributed by atoms with van der Waals surface area (Å²) in [5, 5.41) is 13.3. The molecule has 2 unspecified atom stereocenters. The van der Waals surface area contributed by atoms with Crippen LogP contribution in [0.3, 0.4) is 0 Å². The summed E-state index contributed by atoms with van der Waals surface area (Å²) in [6, 6.07) is 8.28. The molecular weight excluding hydrogens is 332 g/mol. The van der Waals surface area contributed by atoms with Crippen molar-refractivity contribution in [3.8, 4) is 5.75 Å². The number of halogens is 1. The Morgan fingerprint density at radius 2 is 2.38 bits per heavy atom. The average molecular weight is 357 g/mol. The number of aliphatic hydroxyl groups excluding tert-OH is 1. The van der Waals surface area contributed by atoms with Gasteiger partial charge in [-0.2, -0.15) is 0 Å². The Kier molecular flexibility index (Phi) is 6.96. The van der Waals surface area contributed by atoms with E-state index in [0.717, 1.165) is 23.3 Å². The van der Waals surface area contributed by atoms with Crippen LogP contribution in [0.2, 0.25) is 0 Å². The number of nitrogens with one attached hydrogen (secondary N) is 1. The number of aliphatic hydroxyl groups is 1. The van der Waals surface area contributed by atoms with Crippen molar-refractivity contribution >= 4 is 15.9 Å². The second-order valence-corrected chi connectivity index (χ2v) is 6.42. The molecule has 0 aliphatic carbocycles. The third-order valence-electron chi connectivity index (χ3n) is 3.90. The van der Waals surface area contributed by atoms with Crippen LogP contribution in [0.5, 0.6) is 5.75 Å². The molecule has 5 heteroatoms. The maximum atomic E-state index is 9.96. The summed E-state index contributed by atoms with van der Waals surface area (Å²) >= 11 is 3.40. The van der Waals surface area contributed by atoms with E-state index in [4.69, 9.17) is 4.74 Å². The smallest absolute Gasteiger partial charge is 0.120 e. The lowest BCUT2D eigenvalue weighted by molar-refractivity contribution is 0.104. The van der Waals surface area contributed by atoms with Gasteiger partial charge in [0.05, 0.1) is 0 Å². The predicted octanol–water partition coefficient (Wildman–Crippen LogP) is 2.26. The summed E-state index contributed by atoms with van der Waals surface area (Å²) in [7, 11) is 0.